The maximum atomic E-state index is 12.8. The van der Waals surface area contributed by atoms with Gasteiger partial charge in [-0.3, -0.25) is 9.36 Å². The summed E-state index contributed by atoms with van der Waals surface area (Å²) in [4.78, 5) is 12.8. The van der Waals surface area contributed by atoms with E-state index < -0.39 is 0 Å². The van der Waals surface area contributed by atoms with Crippen molar-refractivity contribution in [3.63, 3.8) is 0 Å². The number of rotatable bonds is 8. The zero-order valence-corrected chi connectivity index (χ0v) is 23.1. The Labute approximate surface area is 230 Å². The molecule has 1 heterocycles. The second-order valence-electron chi connectivity index (χ2n) is 8.61. The fourth-order valence-electron chi connectivity index (χ4n) is 3.82. The van der Waals surface area contributed by atoms with E-state index in [1.54, 1.807) is 12.1 Å². The zero-order valence-electron chi connectivity index (χ0n) is 20.0. The van der Waals surface area contributed by atoms with Gasteiger partial charge in [-0.15, -0.1) is 10.2 Å². The Balaban J connectivity index is 1.60. The normalized spacial score (nSPS) is 12.1. The number of benzene rings is 3. The number of carbonyl (C=O) groups excluding carboxylic acids is 1. The second kappa shape index (κ2) is 11.7. The molecule has 1 N–H and O–H groups in total. The number of aromatic nitrogens is 3. The van der Waals surface area contributed by atoms with Crippen LogP contribution in [0, 0.1) is 0 Å². The molecule has 5 nitrogen and oxygen atoms in total. The van der Waals surface area contributed by atoms with Crippen molar-refractivity contribution in [1.29, 1.82) is 0 Å². The molecule has 4 aromatic rings. The van der Waals surface area contributed by atoms with Crippen LogP contribution in [0.1, 0.15) is 43.9 Å². The van der Waals surface area contributed by atoms with Crippen LogP contribution in [0.5, 0.6) is 0 Å². The van der Waals surface area contributed by atoms with Crippen molar-refractivity contribution in [2.24, 2.45) is 0 Å². The highest BCUT2D eigenvalue weighted by Crippen LogP contribution is 2.33. The number of nitrogens with one attached hydrogen (secondary N) is 1. The van der Waals surface area contributed by atoms with Crippen molar-refractivity contribution >= 4 is 52.5 Å². The monoisotopic (exact) mass is 558 g/mol. The molecule has 4 rings (SSSR count). The van der Waals surface area contributed by atoms with Crippen LogP contribution < -0.4 is 5.32 Å². The van der Waals surface area contributed by atoms with Crippen molar-refractivity contribution in [1.82, 2.24) is 20.1 Å². The maximum Gasteiger partial charge on any atom is 0.230 e. The van der Waals surface area contributed by atoms with E-state index in [2.05, 4.69) is 41.5 Å². The third-order valence-electron chi connectivity index (χ3n) is 5.69. The molecule has 1 aromatic heterocycles. The van der Waals surface area contributed by atoms with Gasteiger partial charge in [-0.25, -0.2) is 0 Å². The molecule has 1 atom stereocenters. The predicted molar refractivity (Wildman–Crippen MR) is 150 cm³/mol. The van der Waals surface area contributed by atoms with Gasteiger partial charge in [-0.2, -0.15) is 0 Å². The predicted octanol–water partition coefficient (Wildman–Crippen LogP) is 7.99. The van der Waals surface area contributed by atoms with Crippen LogP contribution in [0.3, 0.4) is 0 Å². The fourth-order valence-corrected chi connectivity index (χ4v) is 5.01. The van der Waals surface area contributed by atoms with Gasteiger partial charge in [0, 0.05) is 10.6 Å². The summed E-state index contributed by atoms with van der Waals surface area (Å²) in [5, 5.41) is 14.2. The van der Waals surface area contributed by atoms with E-state index >= 15 is 0 Å². The van der Waals surface area contributed by atoms with Crippen molar-refractivity contribution in [2.45, 2.75) is 37.9 Å². The van der Waals surface area contributed by atoms with E-state index in [0.29, 0.717) is 26.0 Å². The highest BCUT2D eigenvalue weighted by atomic mass is 35.5. The molecule has 36 heavy (non-hydrogen) atoms. The van der Waals surface area contributed by atoms with Gasteiger partial charge in [0.05, 0.1) is 27.5 Å². The third kappa shape index (κ3) is 6.06. The summed E-state index contributed by atoms with van der Waals surface area (Å²) in [6.07, 6.45) is 0. The molecule has 0 aliphatic carbocycles. The summed E-state index contributed by atoms with van der Waals surface area (Å²) in [5.41, 5.74) is 3.90. The van der Waals surface area contributed by atoms with Gasteiger partial charge in [0.15, 0.2) is 11.0 Å². The SMILES string of the molecule is CC(C)c1ccccc1-n1c(SCC(=O)N[C@H](C)c2ccc(Cl)c(Cl)c2)nnc1-c1ccc(Cl)cc1. The van der Waals surface area contributed by atoms with E-state index in [-0.39, 0.29) is 23.6 Å². The third-order valence-corrected chi connectivity index (χ3v) is 7.61. The quantitative estimate of drug-likeness (QED) is 0.222. The van der Waals surface area contributed by atoms with Crippen molar-refractivity contribution in [3.8, 4) is 17.1 Å². The van der Waals surface area contributed by atoms with Gasteiger partial charge >= 0.3 is 0 Å². The number of para-hydroxylation sites is 1. The number of hydrogen-bond donors (Lipinski definition) is 1. The number of amides is 1. The molecule has 0 radical (unpaired) electrons. The summed E-state index contributed by atoms with van der Waals surface area (Å²) in [6, 6.07) is 20.8. The molecule has 0 aliphatic heterocycles. The standard InChI is InChI=1S/C27H25Cl3N4OS/c1-16(2)21-6-4-5-7-24(21)34-26(18-8-11-20(28)12-9-18)32-33-27(34)36-15-25(35)31-17(3)19-10-13-22(29)23(30)14-19/h4-14,16-17H,15H2,1-3H3,(H,31,35)/t17-/m1/s1. The van der Waals surface area contributed by atoms with Gasteiger partial charge in [0.25, 0.3) is 0 Å². The highest BCUT2D eigenvalue weighted by molar-refractivity contribution is 7.99. The van der Waals surface area contributed by atoms with Crippen LogP contribution in [0.2, 0.25) is 15.1 Å². The minimum atomic E-state index is -0.225. The molecule has 0 unspecified atom stereocenters. The highest BCUT2D eigenvalue weighted by Gasteiger charge is 2.21. The van der Waals surface area contributed by atoms with Crippen LogP contribution in [-0.2, 0) is 4.79 Å². The lowest BCUT2D eigenvalue weighted by atomic mass is 10.0. The fraction of sp³-hybridized carbons (Fsp3) is 0.222. The number of thioether (sulfide) groups is 1. The van der Waals surface area contributed by atoms with Crippen LogP contribution in [0.15, 0.2) is 71.9 Å². The van der Waals surface area contributed by atoms with E-state index in [0.717, 1.165) is 22.4 Å². The summed E-state index contributed by atoms with van der Waals surface area (Å²) >= 11 is 19.6. The second-order valence-corrected chi connectivity index (χ2v) is 10.8. The Morgan fingerprint density at radius 1 is 0.944 bits per heavy atom. The van der Waals surface area contributed by atoms with Gasteiger partial charge < -0.3 is 5.32 Å². The Bertz CT molecular complexity index is 1370. The van der Waals surface area contributed by atoms with Crippen molar-refractivity contribution in [3.05, 3.63) is 92.9 Å². The maximum absolute atomic E-state index is 12.8. The lowest BCUT2D eigenvalue weighted by Crippen LogP contribution is -2.28. The summed E-state index contributed by atoms with van der Waals surface area (Å²) in [5.74, 6) is 1.02. The minimum Gasteiger partial charge on any atom is -0.349 e. The molecule has 0 bridgehead atoms. The molecule has 1 amide bonds. The number of hydrogen-bond acceptors (Lipinski definition) is 4. The zero-order chi connectivity index (χ0) is 25.8. The van der Waals surface area contributed by atoms with E-state index in [1.165, 1.54) is 11.8 Å². The average molecular weight is 560 g/mol. The van der Waals surface area contributed by atoms with Crippen molar-refractivity contribution in [2.75, 3.05) is 5.75 Å². The molecular weight excluding hydrogens is 535 g/mol. The summed E-state index contributed by atoms with van der Waals surface area (Å²) in [6.45, 7) is 6.20. The molecule has 0 saturated carbocycles. The van der Waals surface area contributed by atoms with Crippen molar-refractivity contribution < 1.29 is 4.79 Å². The average Bonchev–Trinajstić information content (AvgIpc) is 3.28. The van der Waals surface area contributed by atoms with Gasteiger partial charge in [0.1, 0.15) is 0 Å². The molecular formula is C27H25Cl3N4OS. The van der Waals surface area contributed by atoms with Gasteiger partial charge in [0.2, 0.25) is 5.91 Å². The minimum absolute atomic E-state index is 0.127. The van der Waals surface area contributed by atoms with E-state index in [1.807, 2.05) is 54.0 Å². The molecule has 0 saturated heterocycles. The Hall–Kier alpha value is -2.51. The molecule has 3 aromatic carbocycles. The van der Waals surface area contributed by atoms with E-state index in [4.69, 9.17) is 34.8 Å². The molecule has 0 aliphatic rings. The number of halogens is 3. The van der Waals surface area contributed by atoms with Crippen LogP contribution in [-0.4, -0.2) is 26.4 Å². The first kappa shape index (κ1) is 26.6. The first-order valence-electron chi connectivity index (χ1n) is 11.4. The first-order valence-corrected chi connectivity index (χ1v) is 13.5. The molecule has 0 spiro atoms. The van der Waals surface area contributed by atoms with Crippen LogP contribution in [0.25, 0.3) is 17.1 Å². The largest absolute Gasteiger partial charge is 0.349 e. The van der Waals surface area contributed by atoms with Crippen LogP contribution >= 0.6 is 46.6 Å². The molecule has 9 heteroatoms. The topological polar surface area (TPSA) is 59.8 Å². The van der Waals surface area contributed by atoms with Crippen LogP contribution in [0.4, 0.5) is 0 Å². The summed E-state index contributed by atoms with van der Waals surface area (Å²) in [7, 11) is 0. The summed E-state index contributed by atoms with van der Waals surface area (Å²) < 4.78 is 2.01. The lowest BCUT2D eigenvalue weighted by Gasteiger charge is -2.17. The van der Waals surface area contributed by atoms with E-state index in [9.17, 15) is 4.79 Å². The number of carbonyl (C=O) groups is 1. The Morgan fingerprint density at radius 3 is 2.36 bits per heavy atom. The smallest absolute Gasteiger partial charge is 0.230 e. The number of nitrogens with zero attached hydrogens (tertiary/aromatic N) is 3. The Morgan fingerprint density at radius 2 is 1.67 bits per heavy atom. The molecule has 0 fully saturated rings. The lowest BCUT2D eigenvalue weighted by molar-refractivity contribution is -0.119. The first-order chi connectivity index (χ1) is 17.2. The van der Waals surface area contributed by atoms with Gasteiger partial charge in [-0.1, -0.05) is 84.7 Å². The molecule has 186 valence electrons. The Kier molecular flexibility index (Phi) is 8.62. The van der Waals surface area contributed by atoms with Gasteiger partial charge in [-0.05, 0) is 66.4 Å².